The van der Waals surface area contributed by atoms with Crippen LogP contribution in [0, 0.1) is 17.2 Å². The summed E-state index contributed by atoms with van der Waals surface area (Å²) >= 11 is 0. The second-order valence-corrected chi connectivity index (χ2v) is 10.4. The van der Waals surface area contributed by atoms with Gasteiger partial charge in [-0.05, 0) is 55.5 Å². The van der Waals surface area contributed by atoms with Gasteiger partial charge in [0.1, 0.15) is 0 Å². The number of methoxy groups -OCH3 is 2. The Labute approximate surface area is 194 Å². The van der Waals surface area contributed by atoms with Crippen molar-refractivity contribution in [1.29, 1.82) is 5.26 Å². The summed E-state index contributed by atoms with van der Waals surface area (Å²) in [6, 6.07) is 14.2. The van der Waals surface area contributed by atoms with Crippen LogP contribution in [0.3, 0.4) is 0 Å². The number of nitriles is 1. The molecule has 8 nitrogen and oxygen atoms in total. The van der Waals surface area contributed by atoms with E-state index in [2.05, 4.69) is 11.4 Å². The van der Waals surface area contributed by atoms with Crippen LogP contribution in [0.1, 0.15) is 31.2 Å². The Hall–Kier alpha value is -3.09. The van der Waals surface area contributed by atoms with Gasteiger partial charge < -0.3 is 14.8 Å². The summed E-state index contributed by atoms with van der Waals surface area (Å²) in [6.07, 6.45) is 2.93. The van der Waals surface area contributed by atoms with Crippen molar-refractivity contribution in [3.8, 4) is 17.6 Å². The molecule has 2 aromatic carbocycles. The predicted octanol–water partition coefficient (Wildman–Crippen LogP) is 3.30. The molecule has 1 atom stereocenters. The summed E-state index contributed by atoms with van der Waals surface area (Å²) in [4.78, 5) is 13.0. The van der Waals surface area contributed by atoms with E-state index in [4.69, 9.17) is 9.47 Å². The highest BCUT2D eigenvalue weighted by molar-refractivity contribution is 7.89. The quantitative estimate of drug-likeness (QED) is 0.667. The summed E-state index contributed by atoms with van der Waals surface area (Å²) in [5.74, 6) is 0.108. The molecule has 2 aliphatic rings. The van der Waals surface area contributed by atoms with Crippen LogP contribution in [0.25, 0.3) is 0 Å². The van der Waals surface area contributed by atoms with E-state index in [0.29, 0.717) is 36.6 Å². The van der Waals surface area contributed by atoms with Gasteiger partial charge in [-0.25, -0.2) is 8.42 Å². The number of anilines is 1. The van der Waals surface area contributed by atoms with Crippen LogP contribution in [0.5, 0.6) is 11.5 Å². The summed E-state index contributed by atoms with van der Waals surface area (Å²) < 4.78 is 38.2. The molecule has 1 saturated carbocycles. The topological polar surface area (TPSA) is 109 Å². The molecule has 1 unspecified atom stereocenters. The normalized spacial score (nSPS) is 19.8. The van der Waals surface area contributed by atoms with Gasteiger partial charge in [-0.15, -0.1) is 0 Å². The number of nitrogens with one attached hydrogen (secondary N) is 1. The Kier molecular flexibility index (Phi) is 6.32. The summed E-state index contributed by atoms with van der Waals surface area (Å²) in [5.41, 5.74) is 1.23. The highest BCUT2D eigenvalue weighted by Gasteiger charge is 2.44. The average Bonchev–Trinajstić information content (AvgIpc) is 3.65. The maximum Gasteiger partial charge on any atom is 0.243 e. The summed E-state index contributed by atoms with van der Waals surface area (Å²) in [5, 5.41) is 12.2. The lowest BCUT2D eigenvalue weighted by Gasteiger charge is -2.31. The first-order valence-corrected chi connectivity index (χ1v) is 12.3. The number of hydrogen-bond acceptors (Lipinski definition) is 6. The molecule has 1 saturated heterocycles. The van der Waals surface area contributed by atoms with Gasteiger partial charge in [-0.3, -0.25) is 4.79 Å². The fraction of sp³-hybridized carbons (Fsp3) is 0.417. The fourth-order valence-corrected chi connectivity index (χ4v) is 5.75. The predicted molar refractivity (Wildman–Crippen MR) is 123 cm³/mol. The molecule has 174 valence electrons. The first-order valence-electron chi connectivity index (χ1n) is 10.9. The molecule has 2 aromatic rings. The third kappa shape index (κ3) is 4.54. The molecule has 0 radical (unpaired) electrons. The first kappa shape index (κ1) is 23.1. The number of benzene rings is 2. The number of amides is 1. The molecular formula is C24H27N3O5S. The van der Waals surface area contributed by atoms with E-state index >= 15 is 0 Å². The number of sulfonamides is 1. The second-order valence-electron chi connectivity index (χ2n) is 8.48. The van der Waals surface area contributed by atoms with E-state index in [-0.39, 0.29) is 22.8 Å². The third-order valence-corrected chi connectivity index (χ3v) is 8.28. The van der Waals surface area contributed by atoms with Gasteiger partial charge in [0.25, 0.3) is 0 Å². The van der Waals surface area contributed by atoms with Gasteiger partial charge in [0.15, 0.2) is 11.5 Å². The molecule has 9 heteroatoms. The van der Waals surface area contributed by atoms with Gasteiger partial charge in [0.2, 0.25) is 15.9 Å². The summed E-state index contributed by atoms with van der Waals surface area (Å²) in [6.45, 7) is 0.462. The maximum atomic E-state index is 13.2. The van der Waals surface area contributed by atoms with Gasteiger partial charge in [-0.1, -0.05) is 12.1 Å². The van der Waals surface area contributed by atoms with Crippen molar-refractivity contribution in [3.05, 3.63) is 48.0 Å². The van der Waals surface area contributed by atoms with Crippen LogP contribution in [-0.2, 0) is 20.2 Å². The zero-order chi connectivity index (χ0) is 23.6. The van der Waals surface area contributed by atoms with E-state index in [9.17, 15) is 18.5 Å². The van der Waals surface area contributed by atoms with Crippen molar-refractivity contribution in [2.45, 2.75) is 36.0 Å². The molecule has 33 heavy (non-hydrogen) atoms. The number of nitrogens with zero attached hydrogens (tertiary/aromatic N) is 2. The van der Waals surface area contributed by atoms with Crippen LogP contribution in [-0.4, -0.2) is 45.9 Å². The lowest BCUT2D eigenvalue weighted by Crippen LogP contribution is -2.43. The molecule has 1 aliphatic carbocycles. The van der Waals surface area contributed by atoms with E-state index in [1.165, 1.54) is 30.7 Å². The van der Waals surface area contributed by atoms with E-state index in [0.717, 1.165) is 18.4 Å². The van der Waals surface area contributed by atoms with E-state index in [1.54, 1.807) is 18.2 Å². The smallest absolute Gasteiger partial charge is 0.243 e. The number of carbonyl (C=O) groups is 1. The Bertz CT molecular complexity index is 1180. The zero-order valence-corrected chi connectivity index (χ0v) is 19.5. The Morgan fingerprint density at radius 3 is 2.42 bits per heavy atom. The molecule has 0 aromatic heterocycles. The molecule has 0 bridgehead atoms. The molecule has 1 aliphatic heterocycles. The van der Waals surface area contributed by atoms with Crippen LogP contribution in [0.15, 0.2) is 47.4 Å². The van der Waals surface area contributed by atoms with Crippen LogP contribution in [0.2, 0.25) is 0 Å². The second kappa shape index (κ2) is 9.04. The number of hydrogen-bond donors (Lipinski definition) is 1. The molecule has 4 rings (SSSR count). The van der Waals surface area contributed by atoms with Crippen molar-refractivity contribution in [2.75, 3.05) is 32.6 Å². The number of carbonyl (C=O) groups excluding carboxylic acids is 1. The van der Waals surface area contributed by atoms with E-state index in [1.807, 2.05) is 12.1 Å². The number of piperidine rings is 1. The van der Waals surface area contributed by atoms with Crippen molar-refractivity contribution in [3.63, 3.8) is 0 Å². The van der Waals surface area contributed by atoms with Crippen LogP contribution >= 0.6 is 0 Å². The lowest BCUT2D eigenvalue weighted by atomic mass is 9.97. The highest BCUT2D eigenvalue weighted by atomic mass is 32.2. The average molecular weight is 470 g/mol. The minimum absolute atomic E-state index is 0.100. The first-order chi connectivity index (χ1) is 15.8. The molecule has 2 fully saturated rings. The van der Waals surface area contributed by atoms with Crippen molar-refractivity contribution < 1.29 is 22.7 Å². The third-order valence-electron chi connectivity index (χ3n) is 6.42. The molecular weight excluding hydrogens is 442 g/mol. The van der Waals surface area contributed by atoms with Gasteiger partial charge in [-0.2, -0.15) is 9.57 Å². The van der Waals surface area contributed by atoms with Crippen molar-refractivity contribution >= 4 is 21.6 Å². The standard InChI is InChI=1S/C24H27N3O5S/c1-31-21-10-9-20(14-22(21)32-2)33(29,30)27-13-3-4-17(15-27)23(28)26-19-7-5-18(6-8-19)24(16-25)11-12-24/h5-10,14,17H,3-4,11-13,15H2,1-2H3,(H,26,28). The minimum Gasteiger partial charge on any atom is -0.493 e. The number of rotatable bonds is 7. The van der Waals surface area contributed by atoms with Crippen LogP contribution < -0.4 is 14.8 Å². The Balaban J connectivity index is 1.44. The summed E-state index contributed by atoms with van der Waals surface area (Å²) in [7, 11) is -0.851. The zero-order valence-electron chi connectivity index (χ0n) is 18.7. The number of ether oxygens (including phenoxy) is 2. The molecule has 0 spiro atoms. The van der Waals surface area contributed by atoms with Crippen LogP contribution in [0.4, 0.5) is 5.69 Å². The van der Waals surface area contributed by atoms with Crippen molar-refractivity contribution in [1.82, 2.24) is 4.31 Å². The SMILES string of the molecule is COc1ccc(S(=O)(=O)N2CCCC(C(=O)Nc3ccc(C4(C#N)CC4)cc3)C2)cc1OC. The minimum atomic E-state index is -3.79. The van der Waals surface area contributed by atoms with E-state index < -0.39 is 15.9 Å². The van der Waals surface area contributed by atoms with Gasteiger partial charge >= 0.3 is 0 Å². The fourth-order valence-electron chi connectivity index (χ4n) is 4.21. The van der Waals surface area contributed by atoms with Gasteiger partial charge in [0, 0.05) is 24.8 Å². The molecule has 1 N–H and O–H groups in total. The highest BCUT2D eigenvalue weighted by Crippen LogP contribution is 2.47. The monoisotopic (exact) mass is 469 g/mol. The Morgan fingerprint density at radius 1 is 1.12 bits per heavy atom. The largest absolute Gasteiger partial charge is 0.493 e. The maximum absolute atomic E-state index is 13.2. The molecule has 1 amide bonds. The van der Waals surface area contributed by atoms with Gasteiger partial charge in [0.05, 0.1) is 36.5 Å². The van der Waals surface area contributed by atoms with Crippen molar-refractivity contribution in [2.24, 2.45) is 5.92 Å². The lowest BCUT2D eigenvalue weighted by molar-refractivity contribution is -0.120. The Morgan fingerprint density at radius 2 is 1.82 bits per heavy atom. The molecule has 1 heterocycles.